The molecule has 3 nitrogen and oxygen atoms in total. The molecule has 0 N–H and O–H groups in total. The number of rotatable bonds is 2. The van der Waals surface area contributed by atoms with Crippen LogP contribution in [0.15, 0.2) is 28.7 Å². The lowest BCUT2D eigenvalue weighted by Gasteiger charge is -2.40. The summed E-state index contributed by atoms with van der Waals surface area (Å²) in [6.45, 7) is 11.8. The molecule has 116 valence electrons. The molecule has 4 heteroatoms. The summed E-state index contributed by atoms with van der Waals surface area (Å²) in [4.78, 5) is 16.8. The maximum Gasteiger partial charge on any atom is 0.228 e. The van der Waals surface area contributed by atoms with Gasteiger partial charge in [0.05, 0.1) is 0 Å². The molecule has 1 aliphatic heterocycles. The molecule has 2 rings (SSSR count). The van der Waals surface area contributed by atoms with Crippen LogP contribution in [0.5, 0.6) is 0 Å². The Morgan fingerprint density at radius 1 is 1.10 bits per heavy atom. The van der Waals surface area contributed by atoms with E-state index >= 15 is 0 Å². The van der Waals surface area contributed by atoms with Crippen LogP contribution in [0.1, 0.15) is 39.3 Å². The van der Waals surface area contributed by atoms with Gasteiger partial charge in [-0.05, 0) is 24.6 Å². The minimum atomic E-state index is -0.278. The highest BCUT2D eigenvalue weighted by Crippen LogP contribution is 2.25. The van der Waals surface area contributed by atoms with Gasteiger partial charge in [-0.25, -0.2) is 0 Å². The predicted molar refractivity (Wildman–Crippen MR) is 90.2 cm³/mol. The van der Waals surface area contributed by atoms with Crippen LogP contribution < -0.4 is 0 Å². The Bertz CT molecular complexity index is 485. The van der Waals surface area contributed by atoms with Crippen LogP contribution in [0.25, 0.3) is 0 Å². The van der Waals surface area contributed by atoms with Gasteiger partial charge in [0.1, 0.15) is 0 Å². The van der Waals surface area contributed by atoms with Crippen molar-refractivity contribution in [2.24, 2.45) is 5.41 Å². The van der Waals surface area contributed by atoms with Gasteiger partial charge in [0, 0.05) is 42.1 Å². The Kier molecular flexibility index (Phi) is 5.10. The van der Waals surface area contributed by atoms with Crippen molar-refractivity contribution in [1.82, 2.24) is 9.80 Å². The number of carbonyl (C=O) groups is 1. The number of hydrogen-bond donors (Lipinski definition) is 0. The van der Waals surface area contributed by atoms with Crippen LogP contribution in [-0.4, -0.2) is 41.9 Å². The largest absolute Gasteiger partial charge is 0.340 e. The molecule has 0 aromatic heterocycles. The molecule has 1 amide bonds. The number of carbonyl (C=O) groups excluding carboxylic acids is 1. The highest BCUT2D eigenvalue weighted by atomic mass is 79.9. The van der Waals surface area contributed by atoms with Crippen LogP contribution in [-0.2, 0) is 4.79 Å². The smallest absolute Gasteiger partial charge is 0.228 e. The summed E-state index contributed by atoms with van der Waals surface area (Å²) >= 11 is 3.48. The van der Waals surface area contributed by atoms with Crippen molar-refractivity contribution in [3.05, 3.63) is 34.3 Å². The number of nitrogens with zero attached hydrogens (tertiary/aromatic N) is 2. The van der Waals surface area contributed by atoms with E-state index in [9.17, 15) is 4.79 Å². The van der Waals surface area contributed by atoms with Crippen molar-refractivity contribution < 1.29 is 4.79 Å². The number of benzene rings is 1. The van der Waals surface area contributed by atoms with Gasteiger partial charge in [-0.1, -0.05) is 48.8 Å². The van der Waals surface area contributed by atoms with Gasteiger partial charge in [-0.15, -0.1) is 0 Å². The number of hydrogen-bond acceptors (Lipinski definition) is 2. The second-order valence-electron chi connectivity index (χ2n) is 6.81. The Balaban J connectivity index is 1.94. The molecule has 1 fully saturated rings. The molecule has 21 heavy (non-hydrogen) atoms. The van der Waals surface area contributed by atoms with Crippen molar-refractivity contribution in [3.8, 4) is 0 Å². The number of amides is 1. The van der Waals surface area contributed by atoms with Gasteiger partial charge in [0.15, 0.2) is 0 Å². The fraction of sp³-hybridized carbons (Fsp3) is 0.588. The van der Waals surface area contributed by atoms with E-state index in [1.54, 1.807) is 0 Å². The van der Waals surface area contributed by atoms with Gasteiger partial charge in [-0.3, -0.25) is 9.69 Å². The zero-order valence-electron chi connectivity index (χ0n) is 13.4. The first-order chi connectivity index (χ1) is 9.79. The number of halogens is 1. The van der Waals surface area contributed by atoms with Gasteiger partial charge >= 0.3 is 0 Å². The van der Waals surface area contributed by atoms with Crippen LogP contribution in [0.3, 0.4) is 0 Å². The molecule has 0 radical (unpaired) electrons. The Labute approximate surface area is 136 Å². The first-order valence-electron chi connectivity index (χ1n) is 7.58. The summed E-state index contributed by atoms with van der Waals surface area (Å²) in [5.41, 5.74) is 1.05. The lowest BCUT2D eigenvalue weighted by Crippen LogP contribution is -2.52. The molecular formula is C17H25BrN2O. The molecule has 1 heterocycles. The maximum atomic E-state index is 12.3. The summed E-state index contributed by atoms with van der Waals surface area (Å²) in [5, 5.41) is 0. The Morgan fingerprint density at radius 3 is 2.10 bits per heavy atom. The predicted octanol–water partition coefficient (Wildman–Crippen LogP) is 3.70. The Morgan fingerprint density at radius 2 is 1.62 bits per heavy atom. The van der Waals surface area contributed by atoms with Crippen molar-refractivity contribution in [2.75, 3.05) is 26.2 Å². The van der Waals surface area contributed by atoms with Crippen molar-refractivity contribution >= 4 is 21.8 Å². The third kappa shape index (κ3) is 4.07. The Hall–Kier alpha value is -0.870. The van der Waals surface area contributed by atoms with Crippen LogP contribution >= 0.6 is 15.9 Å². The molecule has 0 aliphatic carbocycles. The molecule has 1 unspecified atom stereocenters. The summed E-state index contributed by atoms with van der Waals surface area (Å²) in [6.07, 6.45) is 0. The second-order valence-corrected chi connectivity index (χ2v) is 7.72. The second kappa shape index (κ2) is 6.49. The SMILES string of the molecule is CC(c1ccc(Br)cc1)N1CCN(C(=O)C(C)(C)C)CC1. The zero-order valence-corrected chi connectivity index (χ0v) is 15.0. The van der Waals surface area contributed by atoms with Gasteiger partial charge in [0.2, 0.25) is 5.91 Å². The molecule has 1 atom stereocenters. The molecule has 1 saturated heterocycles. The van der Waals surface area contributed by atoms with Gasteiger partial charge < -0.3 is 4.90 Å². The fourth-order valence-electron chi connectivity index (χ4n) is 2.74. The fourth-order valence-corrected chi connectivity index (χ4v) is 3.00. The van der Waals surface area contributed by atoms with Crippen LogP contribution in [0.4, 0.5) is 0 Å². The zero-order chi connectivity index (χ0) is 15.6. The lowest BCUT2D eigenvalue weighted by atomic mass is 9.94. The molecule has 0 spiro atoms. The van der Waals surface area contributed by atoms with E-state index in [1.165, 1.54) is 5.56 Å². The molecule has 0 saturated carbocycles. The quantitative estimate of drug-likeness (QED) is 0.809. The van der Waals surface area contributed by atoms with E-state index in [0.717, 1.165) is 30.7 Å². The standard InChI is InChI=1S/C17H25BrN2O/c1-13(14-5-7-15(18)8-6-14)19-9-11-20(12-10-19)16(21)17(2,3)4/h5-8,13H,9-12H2,1-4H3. The normalized spacial score (nSPS) is 18.6. The van der Waals surface area contributed by atoms with Crippen molar-refractivity contribution in [3.63, 3.8) is 0 Å². The molecule has 0 bridgehead atoms. The van der Waals surface area contributed by atoms with Crippen LogP contribution in [0, 0.1) is 5.41 Å². The van der Waals surface area contributed by atoms with Crippen molar-refractivity contribution in [1.29, 1.82) is 0 Å². The van der Waals surface area contributed by atoms with E-state index in [4.69, 9.17) is 0 Å². The lowest BCUT2D eigenvalue weighted by molar-refractivity contribution is -0.141. The maximum absolute atomic E-state index is 12.3. The summed E-state index contributed by atoms with van der Waals surface area (Å²) in [7, 11) is 0. The first kappa shape index (κ1) is 16.5. The summed E-state index contributed by atoms with van der Waals surface area (Å²) in [6, 6.07) is 8.91. The summed E-state index contributed by atoms with van der Waals surface area (Å²) < 4.78 is 1.11. The topological polar surface area (TPSA) is 23.6 Å². The molecule has 1 aromatic rings. The van der Waals surface area contributed by atoms with Crippen LogP contribution in [0.2, 0.25) is 0 Å². The highest BCUT2D eigenvalue weighted by Gasteiger charge is 2.30. The first-order valence-corrected chi connectivity index (χ1v) is 8.37. The third-order valence-corrected chi connectivity index (χ3v) is 4.67. The highest BCUT2D eigenvalue weighted by molar-refractivity contribution is 9.10. The van der Waals surface area contributed by atoms with E-state index in [-0.39, 0.29) is 11.3 Å². The molecular weight excluding hydrogens is 328 g/mol. The molecule has 1 aliphatic rings. The van der Waals surface area contributed by atoms with Crippen molar-refractivity contribution in [2.45, 2.75) is 33.7 Å². The number of piperazine rings is 1. The van der Waals surface area contributed by atoms with E-state index in [2.05, 4.69) is 52.0 Å². The monoisotopic (exact) mass is 352 g/mol. The van der Waals surface area contributed by atoms with E-state index in [1.807, 2.05) is 25.7 Å². The summed E-state index contributed by atoms with van der Waals surface area (Å²) in [5.74, 6) is 0.262. The minimum absolute atomic E-state index is 0.262. The third-order valence-electron chi connectivity index (χ3n) is 4.14. The molecule has 1 aromatic carbocycles. The van der Waals surface area contributed by atoms with E-state index < -0.39 is 0 Å². The average molecular weight is 353 g/mol. The van der Waals surface area contributed by atoms with Gasteiger partial charge in [-0.2, -0.15) is 0 Å². The minimum Gasteiger partial charge on any atom is -0.340 e. The van der Waals surface area contributed by atoms with Gasteiger partial charge in [0.25, 0.3) is 0 Å². The van der Waals surface area contributed by atoms with E-state index in [0.29, 0.717) is 6.04 Å². The average Bonchev–Trinajstić information content (AvgIpc) is 2.46.